The number of fused-ring (bicyclic) bond motifs is 1. The summed E-state index contributed by atoms with van der Waals surface area (Å²) in [4.78, 5) is 16.3. The summed E-state index contributed by atoms with van der Waals surface area (Å²) in [6, 6.07) is 7.30. The van der Waals surface area contributed by atoms with Gasteiger partial charge in [-0.15, -0.1) is 0 Å². The molecule has 0 radical (unpaired) electrons. The van der Waals surface area contributed by atoms with Gasteiger partial charge in [-0.25, -0.2) is 14.5 Å². The topological polar surface area (TPSA) is 66.2 Å². The average Bonchev–Trinajstić information content (AvgIpc) is 3.46. The van der Waals surface area contributed by atoms with Gasteiger partial charge < -0.3 is 9.47 Å². The first-order chi connectivity index (χ1) is 13.5. The fourth-order valence-corrected chi connectivity index (χ4v) is 3.34. The highest BCUT2D eigenvalue weighted by atomic mass is 35.5. The summed E-state index contributed by atoms with van der Waals surface area (Å²) in [5.74, 6) is 0.880. The minimum Gasteiger partial charge on any atom is -0.476 e. The monoisotopic (exact) mass is 399 g/mol. The van der Waals surface area contributed by atoms with Gasteiger partial charge in [-0.2, -0.15) is 5.10 Å². The third kappa shape index (κ3) is 3.56. The van der Waals surface area contributed by atoms with E-state index in [-0.39, 0.29) is 5.97 Å². The van der Waals surface area contributed by atoms with Gasteiger partial charge in [-0.05, 0) is 43.0 Å². The third-order valence-corrected chi connectivity index (χ3v) is 4.96. The number of carbonyl (C=O) groups is 1. The van der Waals surface area contributed by atoms with E-state index in [1.54, 1.807) is 12.3 Å². The summed E-state index contributed by atoms with van der Waals surface area (Å²) in [5.41, 5.74) is 3.18. The number of pyridine rings is 1. The molecule has 4 rings (SSSR count). The van der Waals surface area contributed by atoms with E-state index in [0.29, 0.717) is 34.9 Å². The van der Waals surface area contributed by atoms with Gasteiger partial charge in [0.2, 0.25) is 5.88 Å². The van der Waals surface area contributed by atoms with Crippen LogP contribution in [0.15, 0.2) is 30.5 Å². The normalized spacial score (nSPS) is 13.9. The molecule has 0 N–H and O–H groups in total. The van der Waals surface area contributed by atoms with E-state index >= 15 is 0 Å². The van der Waals surface area contributed by atoms with E-state index in [4.69, 9.17) is 26.2 Å². The molecule has 0 bridgehead atoms. The van der Waals surface area contributed by atoms with Crippen molar-refractivity contribution in [1.29, 1.82) is 0 Å². The van der Waals surface area contributed by atoms with Gasteiger partial charge in [0.25, 0.3) is 0 Å². The molecule has 2 aromatic heterocycles. The molecule has 3 aromatic rings. The van der Waals surface area contributed by atoms with E-state index in [1.165, 1.54) is 7.11 Å². The lowest BCUT2D eigenvalue weighted by Gasteiger charge is -2.10. The molecule has 6 nitrogen and oxygen atoms in total. The first-order valence-electron chi connectivity index (χ1n) is 9.37. The van der Waals surface area contributed by atoms with Crippen molar-refractivity contribution in [1.82, 2.24) is 14.8 Å². The summed E-state index contributed by atoms with van der Waals surface area (Å²) < 4.78 is 12.3. The van der Waals surface area contributed by atoms with Crippen molar-refractivity contribution in [3.8, 4) is 11.6 Å². The largest absolute Gasteiger partial charge is 0.476 e. The third-order valence-electron chi connectivity index (χ3n) is 4.68. The lowest BCUT2D eigenvalue weighted by Crippen LogP contribution is -2.07. The first kappa shape index (κ1) is 18.7. The van der Waals surface area contributed by atoms with E-state index in [1.807, 2.05) is 22.9 Å². The number of hydrogen-bond acceptors (Lipinski definition) is 5. The van der Waals surface area contributed by atoms with Crippen molar-refractivity contribution in [3.05, 3.63) is 46.7 Å². The molecule has 0 atom stereocenters. The van der Waals surface area contributed by atoms with Crippen molar-refractivity contribution in [2.45, 2.75) is 32.6 Å². The van der Waals surface area contributed by atoms with Crippen LogP contribution in [0.5, 0.6) is 5.88 Å². The Hall–Kier alpha value is -2.60. The zero-order chi connectivity index (χ0) is 19.8. The molecule has 28 heavy (non-hydrogen) atoms. The molecule has 7 heteroatoms. The molecule has 0 aliphatic heterocycles. The average molecular weight is 400 g/mol. The second-order valence-electron chi connectivity index (χ2n) is 7.48. The summed E-state index contributed by atoms with van der Waals surface area (Å²) >= 11 is 6.39. The van der Waals surface area contributed by atoms with Gasteiger partial charge in [0, 0.05) is 11.3 Å². The lowest BCUT2D eigenvalue weighted by molar-refractivity contribution is 0.0601. The SMILES string of the molecule is COC(=O)c1ccc2c(c1)c(C1CC1)nn2-c1cnc(OCC(C)C)c(Cl)c1. The van der Waals surface area contributed by atoms with Gasteiger partial charge in [0.15, 0.2) is 0 Å². The van der Waals surface area contributed by atoms with Gasteiger partial charge >= 0.3 is 5.97 Å². The number of methoxy groups -OCH3 is 1. The van der Waals surface area contributed by atoms with Crippen LogP contribution in [0.25, 0.3) is 16.6 Å². The first-order valence-corrected chi connectivity index (χ1v) is 9.75. The number of aromatic nitrogens is 3. The van der Waals surface area contributed by atoms with Crippen molar-refractivity contribution in [2.75, 3.05) is 13.7 Å². The molecule has 1 aliphatic carbocycles. The quantitative estimate of drug-likeness (QED) is 0.558. The number of carbonyl (C=O) groups excluding carboxylic acids is 1. The Morgan fingerprint density at radius 2 is 2.11 bits per heavy atom. The highest BCUT2D eigenvalue weighted by Crippen LogP contribution is 2.43. The van der Waals surface area contributed by atoms with E-state index in [2.05, 4.69) is 18.8 Å². The highest BCUT2D eigenvalue weighted by molar-refractivity contribution is 6.32. The minimum absolute atomic E-state index is 0.354. The number of halogens is 1. The standard InChI is InChI=1S/C21H22ClN3O3/c1-12(2)11-28-20-17(22)9-15(10-23-20)25-18-7-6-14(21(26)27-3)8-16(18)19(24-25)13-4-5-13/h6-10,12-13H,4-5,11H2,1-3H3. The molecule has 1 aromatic carbocycles. The van der Waals surface area contributed by atoms with Crippen molar-refractivity contribution >= 4 is 28.5 Å². The Balaban J connectivity index is 1.76. The number of esters is 1. The van der Waals surface area contributed by atoms with Crippen LogP contribution in [0.2, 0.25) is 5.02 Å². The summed E-state index contributed by atoms with van der Waals surface area (Å²) in [6.07, 6.45) is 3.92. The van der Waals surface area contributed by atoms with Gasteiger partial charge in [0.05, 0.1) is 42.4 Å². The molecule has 146 valence electrons. The summed E-state index contributed by atoms with van der Waals surface area (Å²) in [6.45, 7) is 4.69. The maximum Gasteiger partial charge on any atom is 0.337 e. The van der Waals surface area contributed by atoms with E-state index < -0.39 is 0 Å². The van der Waals surface area contributed by atoms with Crippen molar-refractivity contribution in [2.24, 2.45) is 5.92 Å². The fourth-order valence-electron chi connectivity index (χ4n) is 3.12. The predicted octanol–water partition coefficient (Wildman–Crippen LogP) is 4.77. The maximum atomic E-state index is 11.9. The van der Waals surface area contributed by atoms with E-state index in [9.17, 15) is 4.79 Å². The number of nitrogens with zero attached hydrogens (tertiary/aromatic N) is 3. The molecule has 0 amide bonds. The second-order valence-corrected chi connectivity index (χ2v) is 7.89. The van der Waals surface area contributed by atoms with Crippen LogP contribution < -0.4 is 4.74 Å². The molecular formula is C21H22ClN3O3. The zero-order valence-electron chi connectivity index (χ0n) is 16.1. The highest BCUT2D eigenvalue weighted by Gasteiger charge is 2.30. The molecular weight excluding hydrogens is 378 g/mol. The summed E-state index contributed by atoms with van der Waals surface area (Å²) in [5, 5.41) is 6.22. The van der Waals surface area contributed by atoms with Gasteiger partial charge in [0.1, 0.15) is 5.02 Å². The van der Waals surface area contributed by atoms with Crippen LogP contribution in [-0.4, -0.2) is 34.5 Å². The van der Waals surface area contributed by atoms with Crippen LogP contribution in [0, 0.1) is 5.92 Å². The maximum absolute atomic E-state index is 11.9. The Bertz CT molecular complexity index is 1040. The smallest absolute Gasteiger partial charge is 0.337 e. The van der Waals surface area contributed by atoms with Crippen LogP contribution in [0.3, 0.4) is 0 Å². The number of benzene rings is 1. The van der Waals surface area contributed by atoms with Gasteiger partial charge in [-0.3, -0.25) is 0 Å². The minimum atomic E-state index is -0.354. The van der Waals surface area contributed by atoms with Crippen LogP contribution >= 0.6 is 11.6 Å². The Labute approximate surface area is 168 Å². The molecule has 1 saturated carbocycles. The van der Waals surface area contributed by atoms with Crippen LogP contribution in [0.1, 0.15) is 48.7 Å². The predicted molar refractivity (Wildman–Crippen MR) is 108 cm³/mol. The zero-order valence-corrected chi connectivity index (χ0v) is 16.9. The second kappa shape index (κ2) is 7.43. The Morgan fingerprint density at radius 1 is 1.32 bits per heavy atom. The molecule has 0 spiro atoms. The number of ether oxygens (including phenoxy) is 2. The van der Waals surface area contributed by atoms with Crippen molar-refractivity contribution < 1.29 is 14.3 Å². The molecule has 2 heterocycles. The van der Waals surface area contributed by atoms with Crippen molar-refractivity contribution in [3.63, 3.8) is 0 Å². The molecule has 1 aliphatic rings. The van der Waals surface area contributed by atoms with Crippen LogP contribution in [0.4, 0.5) is 0 Å². The number of rotatable bonds is 6. The number of hydrogen-bond donors (Lipinski definition) is 0. The van der Waals surface area contributed by atoms with E-state index in [0.717, 1.165) is 35.1 Å². The molecule has 1 fully saturated rings. The Morgan fingerprint density at radius 3 is 2.75 bits per heavy atom. The van der Waals surface area contributed by atoms with Gasteiger partial charge in [-0.1, -0.05) is 25.4 Å². The lowest BCUT2D eigenvalue weighted by atomic mass is 10.1. The summed E-state index contributed by atoms with van der Waals surface area (Å²) in [7, 11) is 1.38. The molecule has 0 saturated heterocycles. The van der Waals surface area contributed by atoms with Crippen LogP contribution in [-0.2, 0) is 4.74 Å². The molecule has 0 unspecified atom stereocenters. The fraction of sp³-hybridized carbons (Fsp3) is 0.381. The Kier molecular flexibility index (Phi) is 4.98.